The molecule has 0 aliphatic carbocycles. The van der Waals surface area contributed by atoms with Crippen molar-refractivity contribution in [2.75, 3.05) is 6.61 Å². The summed E-state index contributed by atoms with van der Waals surface area (Å²) in [5.41, 5.74) is 0. The fraction of sp³-hybridized carbons (Fsp3) is 1.00. The number of ether oxygens (including phenoxy) is 1. The first-order valence-electron chi connectivity index (χ1n) is 2.92. The lowest BCUT2D eigenvalue weighted by molar-refractivity contribution is 0.131. The van der Waals surface area contributed by atoms with Crippen LogP contribution in [0, 0.1) is 0 Å². The molecule has 1 saturated heterocycles. The summed E-state index contributed by atoms with van der Waals surface area (Å²) in [6.07, 6.45) is 0.704. The molecule has 1 fully saturated rings. The Morgan fingerprint density at radius 3 is 2.22 bits per heavy atom. The number of hydrogen-bond donors (Lipinski definition) is 0. The third kappa shape index (κ3) is 1.61. The third-order valence-corrected chi connectivity index (χ3v) is 1.39. The maximum atomic E-state index is 11.7. The summed E-state index contributed by atoms with van der Waals surface area (Å²) in [7, 11) is 0. The van der Waals surface area contributed by atoms with Crippen LogP contribution < -0.4 is 0 Å². The largest absolute Gasteiger partial charge is 0.506 e. The summed E-state index contributed by atoms with van der Waals surface area (Å²) in [4.78, 5) is 0. The van der Waals surface area contributed by atoms with Gasteiger partial charge < -0.3 is 17.7 Å². The quantitative estimate of drug-likeness (QED) is 0.500. The van der Waals surface area contributed by atoms with E-state index in [0.29, 0.717) is 6.42 Å². The van der Waals surface area contributed by atoms with Gasteiger partial charge >= 0.3 is 6.98 Å². The van der Waals surface area contributed by atoms with Gasteiger partial charge in [-0.15, -0.1) is 0 Å². The topological polar surface area (TPSA) is 9.23 Å². The predicted molar refractivity (Wildman–Crippen MR) is 28.1 cm³/mol. The Morgan fingerprint density at radius 1 is 1.33 bits per heavy atom. The molecule has 1 atom stereocenters. The van der Waals surface area contributed by atoms with Gasteiger partial charge in [-0.25, -0.2) is 0 Å². The predicted octanol–water partition coefficient (Wildman–Crippen LogP) is 1.55. The number of rotatable bonds is 1. The molecule has 1 aliphatic heterocycles. The van der Waals surface area contributed by atoms with Crippen LogP contribution in [0.25, 0.3) is 0 Å². The summed E-state index contributed by atoms with van der Waals surface area (Å²) >= 11 is 0. The fourth-order valence-corrected chi connectivity index (χ4v) is 0.901. The molecule has 1 aliphatic rings. The van der Waals surface area contributed by atoms with E-state index in [1.54, 1.807) is 0 Å². The molecule has 0 radical (unpaired) electrons. The van der Waals surface area contributed by atoms with Crippen molar-refractivity contribution in [3.63, 3.8) is 0 Å². The molecule has 0 aromatic rings. The molecule has 9 heavy (non-hydrogen) atoms. The van der Waals surface area contributed by atoms with E-state index in [1.807, 2.05) is 0 Å². The highest BCUT2D eigenvalue weighted by Crippen LogP contribution is 2.25. The molecule has 1 nitrogen and oxygen atoms in total. The van der Waals surface area contributed by atoms with E-state index in [9.17, 15) is 12.9 Å². The third-order valence-electron chi connectivity index (χ3n) is 1.39. The molecule has 5 heteroatoms. The molecule has 0 saturated carbocycles. The average molecular weight is 139 g/mol. The van der Waals surface area contributed by atoms with Gasteiger partial charge in [0.2, 0.25) is 0 Å². The fourth-order valence-electron chi connectivity index (χ4n) is 0.901. The van der Waals surface area contributed by atoms with Gasteiger partial charge in [0.1, 0.15) is 0 Å². The molecule has 0 aromatic carbocycles. The van der Waals surface area contributed by atoms with Crippen LogP contribution >= 0.6 is 0 Å². The molecule has 0 aromatic heterocycles. The van der Waals surface area contributed by atoms with Crippen LogP contribution in [-0.4, -0.2) is 19.6 Å². The van der Waals surface area contributed by atoms with Gasteiger partial charge in [-0.3, -0.25) is 0 Å². The van der Waals surface area contributed by atoms with Crippen LogP contribution in [-0.2, 0) is 4.74 Å². The highest BCUT2D eigenvalue weighted by Gasteiger charge is 2.37. The zero-order chi connectivity index (χ0) is 6.91. The minimum atomic E-state index is -4.73. The van der Waals surface area contributed by atoms with E-state index >= 15 is 0 Å². The second-order valence-electron chi connectivity index (χ2n) is 2.18. The Kier molecular flexibility index (Phi) is 1.70. The second kappa shape index (κ2) is 2.21. The zero-order valence-corrected chi connectivity index (χ0v) is 4.82. The van der Waals surface area contributed by atoms with Crippen molar-refractivity contribution in [2.24, 2.45) is 0 Å². The number of halogens is 3. The highest BCUT2D eigenvalue weighted by atomic mass is 19.4. The minimum absolute atomic E-state index is 0.156. The van der Waals surface area contributed by atoms with E-state index < -0.39 is 13.0 Å². The molecule has 0 amide bonds. The van der Waals surface area contributed by atoms with Gasteiger partial charge in [-0.1, -0.05) is 0 Å². The Morgan fingerprint density at radius 2 is 2.00 bits per heavy atom. The lowest BCUT2D eigenvalue weighted by atomic mass is 9.81. The van der Waals surface area contributed by atoms with Gasteiger partial charge in [0.25, 0.3) is 0 Å². The molecule has 1 unspecified atom stereocenters. The van der Waals surface area contributed by atoms with E-state index in [1.165, 1.54) is 0 Å². The number of hydrogen-bond acceptors (Lipinski definition) is 1. The van der Waals surface area contributed by atoms with Gasteiger partial charge in [-0.05, 0) is 12.8 Å². The molecule has 0 bridgehead atoms. The summed E-state index contributed by atoms with van der Waals surface area (Å²) in [5, 5.41) is 0. The zero-order valence-electron chi connectivity index (χ0n) is 4.82. The van der Waals surface area contributed by atoms with Crippen LogP contribution in [0.3, 0.4) is 0 Å². The van der Waals surface area contributed by atoms with Crippen molar-refractivity contribution in [1.82, 2.24) is 0 Å². The Balaban J connectivity index is 2.42. The van der Waals surface area contributed by atoms with E-state index in [2.05, 4.69) is 4.74 Å². The van der Waals surface area contributed by atoms with Crippen molar-refractivity contribution in [2.45, 2.75) is 18.8 Å². The summed E-state index contributed by atoms with van der Waals surface area (Å²) < 4.78 is 39.5. The Hall–Kier alpha value is -0.185. The van der Waals surface area contributed by atoms with Gasteiger partial charge in [0, 0.05) is 12.6 Å². The monoisotopic (exact) mass is 139 g/mol. The average Bonchev–Trinajstić information content (AvgIpc) is 2.08. The van der Waals surface area contributed by atoms with Crippen molar-refractivity contribution >= 4 is 6.98 Å². The maximum absolute atomic E-state index is 11.7. The van der Waals surface area contributed by atoms with Crippen molar-refractivity contribution in [3.05, 3.63) is 0 Å². The van der Waals surface area contributed by atoms with E-state index in [4.69, 9.17) is 0 Å². The smallest absolute Gasteiger partial charge is 0.447 e. The first-order chi connectivity index (χ1) is 4.11. The molecular weight excluding hydrogens is 132 g/mol. The van der Waals surface area contributed by atoms with E-state index in [-0.39, 0.29) is 13.0 Å². The molecule has 1 rings (SSSR count). The normalized spacial score (nSPS) is 29.0. The van der Waals surface area contributed by atoms with Crippen LogP contribution in [0.2, 0.25) is 0 Å². The van der Waals surface area contributed by atoms with Crippen LogP contribution in [0.15, 0.2) is 0 Å². The SMILES string of the molecule is F[B-](F)(F)C1CCCO1. The summed E-state index contributed by atoms with van der Waals surface area (Å²) in [6.45, 7) is -4.46. The van der Waals surface area contributed by atoms with Gasteiger partial charge in [0.15, 0.2) is 0 Å². The van der Waals surface area contributed by atoms with Gasteiger partial charge in [-0.2, -0.15) is 0 Å². The first kappa shape index (κ1) is 6.93. The molecular formula is C4H7BF3O-. The lowest BCUT2D eigenvalue weighted by Crippen LogP contribution is -2.33. The summed E-state index contributed by atoms with van der Waals surface area (Å²) in [5.74, 6) is 0. The van der Waals surface area contributed by atoms with Crippen LogP contribution in [0.5, 0.6) is 0 Å². The maximum Gasteiger partial charge on any atom is 0.506 e. The molecule has 0 N–H and O–H groups in total. The van der Waals surface area contributed by atoms with Crippen LogP contribution in [0.1, 0.15) is 12.8 Å². The standard InChI is InChI=1S/C4H7BF3O/c6-5(7,8)4-2-1-3-9-4/h4H,1-3H2/q-1. The highest BCUT2D eigenvalue weighted by molar-refractivity contribution is 6.60. The van der Waals surface area contributed by atoms with Crippen LogP contribution in [0.4, 0.5) is 12.9 Å². The Bertz CT molecular complexity index is 96.5. The molecule has 54 valence electrons. The second-order valence-corrected chi connectivity index (χ2v) is 2.18. The lowest BCUT2D eigenvalue weighted by Gasteiger charge is -2.20. The van der Waals surface area contributed by atoms with Crippen molar-refractivity contribution in [1.29, 1.82) is 0 Å². The van der Waals surface area contributed by atoms with E-state index in [0.717, 1.165) is 0 Å². The van der Waals surface area contributed by atoms with Crippen molar-refractivity contribution < 1.29 is 17.7 Å². The Labute approximate surface area is 51.2 Å². The minimum Gasteiger partial charge on any atom is -0.447 e. The molecule has 1 heterocycles. The van der Waals surface area contributed by atoms with Gasteiger partial charge in [0.05, 0.1) is 0 Å². The first-order valence-corrected chi connectivity index (χ1v) is 2.92. The summed E-state index contributed by atoms with van der Waals surface area (Å²) in [6, 6.07) is -1.43. The van der Waals surface area contributed by atoms with Crippen molar-refractivity contribution in [3.8, 4) is 0 Å². The molecule has 0 spiro atoms.